The first kappa shape index (κ1) is 19.6. The number of hydrogen-bond acceptors (Lipinski definition) is 2. The maximum absolute atomic E-state index is 6.10. The normalized spacial score (nSPS) is 10.9. The molecule has 2 heteroatoms. The molecule has 0 bridgehead atoms. The summed E-state index contributed by atoms with van der Waals surface area (Å²) >= 11 is 0. The van der Waals surface area contributed by atoms with E-state index in [-0.39, 0.29) is 0 Å². The number of ether oxygens (including phenoxy) is 1. The van der Waals surface area contributed by atoms with Gasteiger partial charge in [-0.3, -0.25) is 0 Å². The lowest BCUT2D eigenvalue weighted by Crippen LogP contribution is -2.16. The Morgan fingerprint density at radius 3 is 1.54 bits per heavy atom. The molecule has 3 aromatic carbocycles. The number of aryl methyl sites for hydroxylation is 2. The van der Waals surface area contributed by atoms with Crippen LogP contribution in [0.1, 0.15) is 38.8 Å². The number of nitrogens with zero attached hydrogens (tertiary/aromatic N) is 1. The summed E-state index contributed by atoms with van der Waals surface area (Å²) in [6, 6.07) is 23.0. The van der Waals surface area contributed by atoms with Gasteiger partial charge in [0.1, 0.15) is 0 Å². The first-order valence-electron chi connectivity index (χ1n) is 9.47. The third kappa shape index (κ3) is 3.91. The highest BCUT2D eigenvalue weighted by Gasteiger charge is 2.25. The molecular weight excluding hydrogens is 318 g/mol. The number of para-hydroxylation sites is 1. The SMILES string of the molecule is CC.CC.Cc1ccc2c(c1)N(c1ccccc1)c1cc(C)ccc1O2. The van der Waals surface area contributed by atoms with E-state index < -0.39 is 0 Å². The van der Waals surface area contributed by atoms with Gasteiger partial charge in [0.2, 0.25) is 0 Å². The van der Waals surface area contributed by atoms with Gasteiger partial charge in [-0.15, -0.1) is 0 Å². The molecule has 0 atom stereocenters. The van der Waals surface area contributed by atoms with Crippen LogP contribution in [0.2, 0.25) is 0 Å². The monoisotopic (exact) mass is 347 g/mol. The molecule has 3 aromatic rings. The maximum atomic E-state index is 6.10. The molecule has 0 amide bonds. The Bertz CT molecular complexity index is 789. The van der Waals surface area contributed by atoms with E-state index in [1.165, 1.54) is 11.1 Å². The molecule has 1 aliphatic rings. The van der Waals surface area contributed by atoms with Crippen LogP contribution >= 0.6 is 0 Å². The van der Waals surface area contributed by atoms with Crippen molar-refractivity contribution >= 4 is 17.1 Å². The van der Waals surface area contributed by atoms with Crippen molar-refractivity contribution in [3.8, 4) is 11.5 Å². The van der Waals surface area contributed by atoms with Gasteiger partial charge in [-0.2, -0.15) is 0 Å². The Balaban J connectivity index is 0.000000570. The van der Waals surface area contributed by atoms with E-state index in [1.54, 1.807) is 0 Å². The molecule has 0 radical (unpaired) electrons. The van der Waals surface area contributed by atoms with Gasteiger partial charge in [-0.1, -0.05) is 58.0 Å². The van der Waals surface area contributed by atoms with Gasteiger partial charge in [-0.05, 0) is 61.4 Å². The molecule has 1 aliphatic heterocycles. The van der Waals surface area contributed by atoms with Crippen LogP contribution in [0.5, 0.6) is 11.5 Å². The summed E-state index contributed by atoms with van der Waals surface area (Å²) in [5.74, 6) is 1.79. The predicted molar refractivity (Wildman–Crippen MR) is 113 cm³/mol. The highest BCUT2D eigenvalue weighted by atomic mass is 16.5. The van der Waals surface area contributed by atoms with E-state index in [0.717, 1.165) is 28.6 Å². The van der Waals surface area contributed by atoms with E-state index in [0.29, 0.717) is 0 Å². The van der Waals surface area contributed by atoms with Crippen LogP contribution < -0.4 is 9.64 Å². The van der Waals surface area contributed by atoms with Crippen molar-refractivity contribution in [1.82, 2.24) is 0 Å². The van der Waals surface area contributed by atoms with Crippen molar-refractivity contribution in [3.63, 3.8) is 0 Å². The fourth-order valence-electron chi connectivity index (χ4n) is 2.88. The van der Waals surface area contributed by atoms with Gasteiger partial charge in [0.05, 0.1) is 11.4 Å². The summed E-state index contributed by atoms with van der Waals surface area (Å²) in [6.07, 6.45) is 0. The van der Waals surface area contributed by atoms with Crippen molar-refractivity contribution in [2.24, 2.45) is 0 Å². The summed E-state index contributed by atoms with van der Waals surface area (Å²) in [7, 11) is 0. The van der Waals surface area contributed by atoms with Gasteiger partial charge < -0.3 is 9.64 Å². The van der Waals surface area contributed by atoms with Crippen LogP contribution in [0.3, 0.4) is 0 Å². The summed E-state index contributed by atoms with van der Waals surface area (Å²) in [4.78, 5) is 2.27. The largest absolute Gasteiger partial charge is 0.453 e. The third-order valence-electron chi connectivity index (χ3n) is 3.94. The minimum atomic E-state index is 0.894. The Labute approximate surface area is 158 Å². The molecule has 0 saturated carbocycles. The topological polar surface area (TPSA) is 12.5 Å². The average Bonchev–Trinajstić information content (AvgIpc) is 2.70. The van der Waals surface area contributed by atoms with Crippen molar-refractivity contribution in [2.75, 3.05) is 4.90 Å². The second kappa shape index (κ2) is 9.10. The zero-order chi connectivity index (χ0) is 19.1. The quantitative estimate of drug-likeness (QED) is 0.346. The number of rotatable bonds is 1. The Kier molecular flexibility index (Phi) is 6.85. The van der Waals surface area contributed by atoms with Crippen LogP contribution in [0.4, 0.5) is 17.1 Å². The Morgan fingerprint density at radius 2 is 1.08 bits per heavy atom. The predicted octanol–water partition coefficient (Wildman–Crippen LogP) is 7.93. The molecule has 0 fully saturated rings. The Morgan fingerprint density at radius 1 is 0.615 bits per heavy atom. The fraction of sp³-hybridized carbons (Fsp3) is 0.250. The number of benzene rings is 3. The molecule has 0 aliphatic carbocycles. The molecule has 136 valence electrons. The number of anilines is 3. The zero-order valence-electron chi connectivity index (χ0n) is 16.7. The van der Waals surface area contributed by atoms with Crippen molar-refractivity contribution in [3.05, 3.63) is 77.9 Å². The lowest BCUT2D eigenvalue weighted by molar-refractivity contribution is 0.476. The fourth-order valence-corrected chi connectivity index (χ4v) is 2.88. The van der Waals surface area contributed by atoms with Crippen molar-refractivity contribution in [1.29, 1.82) is 0 Å². The molecule has 0 spiro atoms. The maximum Gasteiger partial charge on any atom is 0.151 e. The summed E-state index contributed by atoms with van der Waals surface area (Å²) in [5, 5.41) is 0. The number of fused-ring (bicyclic) bond motifs is 2. The van der Waals surface area contributed by atoms with E-state index >= 15 is 0 Å². The molecule has 26 heavy (non-hydrogen) atoms. The van der Waals surface area contributed by atoms with Crippen LogP contribution in [-0.4, -0.2) is 0 Å². The molecule has 0 saturated heterocycles. The summed E-state index contributed by atoms with van der Waals surface area (Å²) in [5.41, 5.74) is 5.76. The van der Waals surface area contributed by atoms with Gasteiger partial charge in [0.15, 0.2) is 11.5 Å². The molecule has 2 nitrogen and oxygen atoms in total. The zero-order valence-corrected chi connectivity index (χ0v) is 16.7. The van der Waals surface area contributed by atoms with Gasteiger partial charge >= 0.3 is 0 Å². The molecular formula is C24H29NO. The van der Waals surface area contributed by atoms with E-state index in [9.17, 15) is 0 Å². The van der Waals surface area contributed by atoms with Gasteiger partial charge in [0.25, 0.3) is 0 Å². The van der Waals surface area contributed by atoms with E-state index in [1.807, 2.05) is 45.9 Å². The summed E-state index contributed by atoms with van der Waals surface area (Å²) in [6.45, 7) is 12.2. The molecule has 1 heterocycles. The van der Waals surface area contributed by atoms with Crippen LogP contribution in [0.15, 0.2) is 66.7 Å². The van der Waals surface area contributed by atoms with Crippen molar-refractivity contribution in [2.45, 2.75) is 41.5 Å². The van der Waals surface area contributed by atoms with Crippen molar-refractivity contribution < 1.29 is 4.74 Å². The highest BCUT2D eigenvalue weighted by molar-refractivity contribution is 5.86. The Hall–Kier alpha value is -2.74. The first-order valence-corrected chi connectivity index (χ1v) is 9.47. The van der Waals surface area contributed by atoms with Gasteiger partial charge in [-0.25, -0.2) is 0 Å². The minimum Gasteiger partial charge on any atom is -0.453 e. The molecule has 0 N–H and O–H groups in total. The van der Waals surface area contributed by atoms with E-state index in [4.69, 9.17) is 4.74 Å². The standard InChI is InChI=1S/C20H17NO.2C2H6/c1-14-8-10-19-17(12-14)21(16-6-4-3-5-7-16)18-13-15(2)9-11-20(18)22-19;2*1-2/h3-13H,1-2H3;2*1-2H3. The van der Waals surface area contributed by atoms with E-state index in [2.05, 4.69) is 67.3 Å². The molecule has 0 aromatic heterocycles. The highest BCUT2D eigenvalue weighted by Crippen LogP contribution is 2.50. The average molecular weight is 348 g/mol. The van der Waals surface area contributed by atoms with Crippen LogP contribution in [-0.2, 0) is 0 Å². The van der Waals surface area contributed by atoms with Crippen LogP contribution in [0.25, 0.3) is 0 Å². The molecule has 4 rings (SSSR count). The third-order valence-corrected chi connectivity index (χ3v) is 3.94. The van der Waals surface area contributed by atoms with Crippen LogP contribution in [0, 0.1) is 13.8 Å². The smallest absolute Gasteiger partial charge is 0.151 e. The molecule has 0 unspecified atom stereocenters. The number of hydrogen-bond donors (Lipinski definition) is 0. The lowest BCUT2D eigenvalue weighted by atomic mass is 10.1. The lowest BCUT2D eigenvalue weighted by Gasteiger charge is -2.33. The first-order chi connectivity index (χ1) is 12.7. The van der Waals surface area contributed by atoms with Gasteiger partial charge in [0, 0.05) is 5.69 Å². The second-order valence-electron chi connectivity index (χ2n) is 5.72. The second-order valence-corrected chi connectivity index (χ2v) is 5.72. The summed E-state index contributed by atoms with van der Waals surface area (Å²) < 4.78 is 6.10. The minimum absolute atomic E-state index is 0.894.